The van der Waals surface area contributed by atoms with E-state index in [4.69, 9.17) is 23.4 Å². The van der Waals surface area contributed by atoms with Crippen molar-refractivity contribution in [2.75, 3.05) is 6.61 Å². The highest BCUT2D eigenvalue weighted by Crippen LogP contribution is 2.48. The third-order valence-electron chi connectivity index (χ3n) is 8.67. The van der Waals surface area contributed by atoms with Crippen LogP contribution < -0.4 is 0 Å². The van der Waals surface area contributed by atoms with Gasteiger partial charge in [-0.2, -0.15) is 5.10 Å². The molecule has 1 aromatic carbocycles. The Hall–Kier alpha value is -0.980. The maximum absolute atomic E-state index is 11.8. The van der Waals surface area contributed by atoms with Crippen molar-refractivity contribution in [1.29, 1.82) is 0 Å². The zero-order valence-electron chi connectivity index (χ0n) is 22.2. The molecule has 3 aliphatic heterocycles. The topological polar surface area (TPSA) is 81.0 Å². The van der Waals surface area contributed by atoms with Crippen molar-refractivity contribution >= 4 is 53.8 Å². The lowest BCUT2D eigenvalue weighted by Crippen LogP contribution is -2.48. The molecule has 194 valence electrons. The molecule has 0 N–H and O–H groups in total. The number of halogens is 1. The summed E-state index contributed by atoms with van der Waals surface area (Å²) in [6.07, 6.45) is 3.13. The first-order chi connectivity index (χ1) is 16.8. The molecule has 2 aromatic rings. The SMILES string of the molecule is CC1(C)OB(B2OC(C)(C)C(C)(CC3CCCOC3n3nc(C=O)c4cc(I)ccc43)O2)OC1(C)C. The lowest BCUT2D eigenvalue weighted by Gasteiger charge is -2.42. The van der Waals surface area contributed by atoms with Gasteiger partial charge in [0.25, 0.3) is 0 Å². The molecule has 3 unspecified atom stereocenters. The summed E-state index contributed by atoms with van der Waals surface area (Å²) in [5.74, 6) is 0.116. The predicted octanol–water partition coefficient (Wildman–Crippen LogP) is 5.01. The van der Waals surface area contributed by atoms with Crippen molar-refractivity contribution < 1.29 is 28.1 Å². The van der Waals surface area contributed by atoms with Gasteiger partial charge >= 0.3 is 14.0 Å². The fraction of sp³-hybridized carbons (Fsp3) is 0.680. The first-order valence-corrected chi connectivity index (χ1v) is 13.8. The maximum Gasteiger partial charge on any atom is 0.488 e. The molecule has 0 radical (unpaired) electrons. The summed E-state index contributed by atoms with van der Waals surface area (Å²) >= 11 is 2.25. The average Bonchev–Trinajstić information content (AvgIpc) is 3.34. The molecule has 0 spiro atoms. The van der Waals surface area contributed by atoms with Gasteiger partial charge in [-0.05, 0) is 109 Å². The van der Waals surface area contributed by atoms with Crippen molar-refractivity contribution in [2.45, 2.75) is 96.4 Å². The van der Waals surface area contributed by atoms with E-state index in [1.807, 2.05) is 50.6 Å². The molecule has 0 aliphatic carbocycles. The quantitative estimate of drug-likeness (QED) is 0.268. The van der Waals surface area contributed by atoms with Gasteiger partial charge in [0.2, 0.25) is 0 Å². The molecule has 4 heterocycles. The van der Waals surface area contributed by atoms with Gasteiger partial charge in [0, 0.05) is 21.5 Å². The summed E-state index contributed by atoms with van der Waals surface area (Å²) in [4.78, 5) is 11.8. The van der Waals surface area contributed by atoms with Crippen molar-refractivity contribution in [3.05, 3.63) is 27.5 Å². The van der Waals surface area contributed by atoms with E-state index < -0.39 is 36.4 Å². The second kappa shape index (κ2) is 9.05. The number of carbonyl (C=O) groups is 1. The third kappa shape index (κ3) is 4.37. The zero-order chi connectivity index (χ0) is 26.1. The molecule has 0 bridgehead atoms. The zero-order valence-corrected chi connectivity index (χ0v) is 24.3. The monoisotopic (exact) mass is 608 g/mol. The molecule has 0 saturated carbocycles. The first kappa shape index (κ1) is 26.6. The summed E-state index contributed by atoms with van der Waals surface area (Å²) in [5, 5.41) is 5.52. The van der Waals surface area contributed by atoms with Crippen LogP contribution in [-0.2, 0) is 23.4 Å². The Kier molecular flexibility index (Phi) is 6.69. The van der Waals surface area contributed by atoms with Gasteiger partial charge < -0.3 is 23.4 Å². The van der Waals surface area contributed by atoms with Crippen LogP contribution in [0.15, 0.2) is 18.2 Å². The van der Waals surface area contributed by atoms with E-state index in [1.54, 1.807) is 0 Å². The Balaban J connectivity index is 1.42. The van der Waals surface area contributed by atoms with Crippen molar-refractivity contribution in [1.82, 2.24) is 9.78 Å². The largest absolute Gasteiger partial charge is 0.488 e. The van der Waals surface area contributed by atoms with Crippen LogP contribution in [0, 0.1) is 9.49 Å². The summed E-state index contributed by atoms with van der Waals surface area (Å²) in [5.41, 5.74) is -0.798. The van der Waals surface area contributed by atoms with Gasteiger partial charge in [-0.3, -0.25) is 4.79 Å². The highest BCUT2D eigenvalue weighted by molar-refractivity contribution is 14.1. The highest BCUT2D eigenvalue weighted by Gasteiger charge is 2.65. The fourth-order valence-electron chi connectivity index (χ4n) is 5.46. The number of hydrogen-bond acceptors (Lipinski definition) is 7. The lowest BCUT2D eigenvalue weighted by atomic mass is 9.49. The standard InChI is InChI=1S/C25H35B2IN2O6/c1-22(2)23(3,4)34-26(33-22)27-35-24(5,6)25(7,36-27)14-16-9-8-12-32-21(16)30-20-11-10-17(28)13-18(20)19(15-31)29-30/h10-11,13,15-16,21H,8-9,12,14H2,1-7H3. The van der Waals surface area contributed by atoms with Crippen LogP contribution in [-0.4, -0.2) is 59.1 Å². The molecule has 11 heteroatoms. The van der Waals surface area contributed by atoms with E-state index in [9.17, 15) is 4.79 Å². The molecule has 5 rings (SSSR count). The maximum atomic E-state index is 11.8. The van der Waals surface area contributed by atoms with Crippen molar-refractivity contribution in [3.8, 4) is 0 Å². The lowest BCUT2D eigenvalue weighted by molar-refractivity contribution is -0.111. The summed E-state index contributed by atoms with van der Waals surface area (Å²) < 4.78 is 34.8. The second-order valence-electron chi connectivity index (χ2n) is 11.9. The van der Waals surface area contributed by atoms with E-state index >= 15 is 0 Å². The summed E-state index contributed by atoms with van der Waals surface area (Å²) in [7, 11) is -1.24. The Labute approximate surface area is 227 Å². The number of aromatic nitrogens is 2. The van der Waals surface area contributed by atoms with Gasteiger partial charge in [0.05, 0.1) is 27.9 Å². The number of carbonyl (C=O) groups excluding carboxylic acids is 1. The molecule has 3 atom stereocenters. The Morgan fingerprint density at radius 1 is 1.03 bits per heavy atom. The summed E-state index contributed by atoms with van der Waals surface area (Å²) in [6, 6.07) is 6.04. The molecule has 36 heavy (non-hydrogen) atoms. The van der Waals surface area contributed by atoms with Crippen LogP contribution in [0.1, 0.15) is 84.4 Å². The van der Waals surface area contributed by atoms with Crippen LogP contribution in [0.5, 0.6) is 0 Å². The third-order valence-corrected chi connectivity index (χ3v) is 9.34. The van der Waals surface area contributed by atoms with Crippen LogP contribution >= 0.6 is 22.6 Å². The number of ether oxygens (including phenoxy) is 1. The normalized spacial score (nSPS) is 31.3. The van der Waals surface area contributed by atoms with E-state index in [1.165, 1.54) is 0 Å². The van der Waals surface area contributed by atoms with Crippen LogP contribution in [0.25, 0.3) is 10.9 Å². The molecule has 3 aliphatic rings. The van der Waals surface area contributed by atoms with E-state index in [2.05, 4.69) is 48.5 Å². The minimum Gasteiger partial charge on any atom is -0.405 e. The van der Waals surface area contributed by atoms with Gasteiger partial charge in [-0.25, -0.2) is 4.68 Å². The molecule has 8 nitrogen and oxygen atoms in total. The number of hydrogen-bond donors (Lipinski definition) is 0. The average molecular weight is 608 g/mol. The molecule has 1 aromatic heterocycles. The van der Waals surface area contributed by atoms with Crippen molar-refractivity contribution in [3.63, 3.8) is 0 Å². The predicted molar refractivity (Wildman–Crippen MR) is 147 cm³/mol. The molecule has 3 fully saturated rings. The summed E-state index contributed by atoms with van der Waals surface area (Å²) in [6.45, 7) is 15.0. The first-order valence-electron chi connectivity index (χ1n) is 12.7. The van der Waals surface area contributed by atoms with Gasteiger partial charge in [0.1, 0.15) is 5.69 Å². The minimum absolute atomic E-state index is 0.116. The minimum atomic E-state index is -0.636. The number of rotatable bonds is 5. The smallest absolute Gasteiger partial charge is 0.405 e. The Morgan fingerprint density at radius 3 is 2.33 bits per heavy atom. The Morgan fingerprint density at radius 2 is 1.67 bits per heavy atom. The number of nitrogens with zero attached hydrogens (tertiary/aromatic N) is 2. The van der Waals surface area contributed by atoms with Gasteiger partial charge in [0.15, 0.2) is 12.5 Å². The van der Waals surface area contributed by atoms with E-state index in [0.29, 0.717) is 18.7 Å². The highest BCUT2D eigenvalue weighted by atomic mass is 127. The van der Waals surface area contributed by atoms with Crippen LogP contribution in [0.4, 0.5) is 0 Å². The molecule has 3 saturated heterocycles. The fourth-order valence-corrected chi connectivity index (χ4v) is 5.95. The second-order valence-corrected chi connectivity index (χ2v) is 13.2. The van der Waals surface area contributed by atoms with Gasteiger partial charge in [-0.15, -0.1) is 0 Å². The Bertz CT molecular complexity index is 1150. The molecule has 0 amide bonds. The van der Waals surface area contributed by atoms with Crippen LogP contribution in [0.2, 0.25) is 0 Å². The van der Waals surface area contributed by atoms with Gasteiger partial charge in [-0.1, -0.05) is 0 Å². The van der Waals surface area contributed by atoms with Crippen molar-refractivity contribution in [2.24, 2.45) is 5.92 Å². The van der Waals surface area contributed by atoms with Crippen LogP contribution in [0.3, 0.4) is 0 Å². The number of fused-ring (bicyclic) bond motifs is 1. The van der Waals surface area contributed by atoms with E-state index in [-0.39, 0.29) is 12.1 Å². The van der Waals surface area contributed by atoms with E-state index in [0.717, 1.165) is 33.6 Å². The molecular weight excluding hydrogens is 573 g/mol. The number of benzene rings is 1. The number of aldehydes is 1. The molecular formula is C25H35B2IN2O6.